The predicted molar refractivity (Wildman–Crippen MR) is 116 cm³/mol. The summed E-state index contributed by atoms with van der Waals surface area (Å²) in [4.78, 5) is 28.6. The standard InChI is InChI=1S/C21H26Cl2N4O3/c1-14-17(18(23)27(24-14)13-15-7-5-6-8-16(15)22)19(28)25-9-11-26(12-10-25)20(29)30-21(2,3)4/h5-8H,9-13H2,1-4H3. The molecule has 1 aliphatic rings. The zero-order valence-corrected chi connectivity index (χ0v) is 19.1. The van der Waals surface area contributed by atoms with Crippen LogP contribution in [0.4, 0.5) is 4.79 Å². The van der Waals surface area contributed by atoms with E-state index in [0.29, 0.717) is 49.0 Å². The Morgan fingerprint density at radius 2 is 1.67 bits per heavy atom. The van der Waals surface area contributed by atoms with Gasteiger partial charge in [0.2, 0.25) is 0 Å². The van der Waals surface area contributed by atoms with Crippen LogP contribution >= 0.6 is 23.2 Å². The number of hydrogen-bond acceptors (Lipinski definition) is 4. The molecule has 1 aromatic carbocycles. The van der Waals surface area contributed by atoms with Gasteiger partial charge in [-0.15, -0.1) is 0 Å². The second-order valence-corrected chi connectivity index (χ2v) is 9.03. The second-order valence-electron chi connectivity index (χ2n) is 8.26. The summed E-state index contributed by atoms with van der Waals surface area (Å²) in [7, 11) is 0. The van der Waals surface area contributed by atoms with Crippen molar-refractivity contribution in [1.29, 1.82) is 0 Å². The van der Waals surface area contributed by atoms with Gasteiger partial charge in [-0.2, -0.15) is 5.10 Å². The smallest absolute Gasteiger partial charge is 0.410 e. The minimum atomic E-state index is -0.551. The number of benzene rings is 1. The van der Waals surface area contributed by atoms with Crippen molar-refractivity contribution in [2.75, 3.05) is 26.2 Å². The van der Waals surface area contributed by atoms with Gasteiger partial charge in [0.15, 0.2) is 0 Å². The Bertz CT molecular complexity index is 944. The number of rotatable bonds is 3. The minimum Gasteiger partial charge on any atom is -0.444 e. The molecule has 1 aliphatic heterocycles. The summed E-state index contributed by atoms with van der Waals surface area (Å²) in [6.45, 7) is 9.25. The van der Waals surface area contributed by atoms with Gasteiger partial charge in [-0.05, 0) is 39.3 Å². The van der Waals surface area contributed by atoms with Crippen molar-refractivity contribution in [2.24, 2.45) is 0 Å². The van der Waals surface area contributed by atoms with Gasteiger partial charge in [-0.25, -0.2) is 9.48 Å². The molecule has 2 amide bonds. The lowest BCUT2D eigenvalue weighted by Gasteiger charge is -2.35. The third kappa shape index (κ3) is 5.08. The highest BCUT2D eigenvalue weighted by atomic mass is 35.5. The zero-order valence-electron chi connectivity index (χ0n) is 17.6. The molecular formula is C21H26Cl2N4O3. The van der Waals surface area contributed by atoms with Crippen molar-refractivity contribution in [1.82, 2.24) is 19.6 Å². The van der Waals surface area contributed by atoms with Crippen LogP contribution in [-0.2, 0) is 11.3 Å². The molecule has 2 heterocycles. The first-order valence-corrected chi connectivity index (χ1v) is 10.6. The molecular weight excluding hydrogens is 427 g/mol. The number of nitrogens with zero attached hydrogens (tertiary/aromatic N) is 4. The van der Waals surface area contributed by atoms with Gasteiger partial charge in [0.05, 0.1) is 17.8 Å². The van der Waals surface area contributed by atoms with E-state index in [0.717, 1.165) is 5.56 Å². The summed E-state index contributed by atoms with van der Waals surface area (Å²) in [6.07, 6.45) is -0.364. The summed E-state index contributed by atoms with van der Waals surface area (Å²) in [6, 6.07) is 7.44. The van der Waals surface area contributed by atoms with Crippen LogP contribution in [-0.4, -0.2) is 63.4 Å². The molecule has 0 bridgehead atoms. The Morgan fingerprint density at radius 3 is 2.27 bits per heavy atom. The Labute approximate surface area is 186 Å². The first kappa shape index (κ1) is 22.4. The van der Waals surface area contributed by atoms with Crippen LogP contribution in [0.2, 0.25) is 10.2 Å². The molecule has 162 valence electrons. The van der Waals surface area contributed by atoms with Gasteiger partial charge in [0.25, 0.3) is 5.91 Å². The summed E-state index contributed by atoms with van der Waals surface area (Å²) in [5.41, 5.74) is 1.26. The fraction of sp³-hybridized carbons (Fsp3) is 0.476. The monoisotopic (exact) mass is 452 g/mol. The number of aryl methyl sites for hydroxylation is 1. The maximum absolute atomic E-state index is 13.1. The average Bonchev–Trinajstić information content (AvgIpc) is 2.95. The summed E-state index contributed by atoms with van der Waals surface area (Å²) in [5, 5.41) is 5.34. The van der Waals surface area contributed by atoms with Gasteiger partial charge in [-0.1, -0.05) is 41.4 Å². The number of aromatic nitrogens is 2. The van der Waals surface area contributed by atoms with Crippen molar-refractivity contribution in [3.8, 4) is 0 Å². The van der Waals surface area contributed by atoms with Crippen molar-refractivity contribution in [3.05, 3.63) is 51.3 Å². The van der Waals surface area contributed by atoms with Gasteiger partial charge < -0.3 is 14.5 Å². The number of carbonyl (C=O) groups is 2. The van der Waals surface area contributed by atoms with Crippen LogP contribution in [0.3, 0.4) is 0 Å². The molecule has 2 aromatic rings. The van der Waals surface area contributed by atoms with Gasteiger partial charge in [0, 0.05) is 31.2 Å². The third-order valence-corrected chi connectivity index (χ3v) is 5.53. The number of carbonyl (C=O) groups excluding carboxylic acids is 2. The van der Waals surface area contributed by atoms with Crippen LogP contribution in [0.5, 0.6) is 0 Å². The molecule has 1 fully saturated rings. The Balaban J connectivity index is 1.69. The Morgan fingerprint density at radius 1 is 1.07 bits per heavy atom. The number of ether oxygens (including phenoxy) is 1. The van der Waals surface area contributed by atoms with Crippen molar-refractivity contribution >= 4 is 35.2 Å². The number of halogens is 2. The number of hydrogen-bond donors (Lipinski definition) is 0. The zero-order chi connectivity index (χ0) is 22.1. The van der Waals surface area contributed by atoms with E-state index in [1.165, 1.54) is 0 Å². The predicted octanol–water partition coefficient (Wildman–Crippen LogP) is 4.24. The largest absolute Gasteiger partial charge is 0.444 e. The summed E-state index contributed by atoms with van der Waals surface area (Å²) in [5.74, 6) is -0.188. The van der Waals surface area contributed by atoms with Gasteiger partial charge >= 0.3 is 6.09 Å². The molecule has 0 N–H and O–H groups in total. The molecule has 1 saturated heterocycles. The molecule has 30 heavy (non-hydrogen) atoms. The highest BCUT2D eigenvalue weighted by Crippen LogP contribution is 2.25. The van der Waals surface area contributed by atoms with E-state index in [1.807, 2.05) is 39.0 Å². The normalized spacial score (nSPS) is 14.7. The van der Waals surface area contributed by atoms with E-state index in [1.54, 1.807) is 27.5 Å². The SMILES string of the molecule is Cc1nn(Cc2ccccc2Cl)c(Cl)c1C(=O)N1CCN(C(=O)OC(C)(C)C)CC1. The van der Waals surface area contributed by atoms with Crippen molar-refractivity contribution in [2.45, 2.75) is 39.8 Å². The Kier molecular flexibility index (Phi) is 6.62. The third-order valence-electron chi connectivity index (χ3n) is 4.78. The average molecular weight is 453 g/mol. The first-order valence-electron chi connectivity index (χ1n) is 9.80. The summed E-state index contributed by atoms with van der Waals surface area (Å²) >= 11 is 12.8. The fourth-order valence-corrected chi connectivity index (χ4v) is 3.78. The maximum atomic E-state index is 13.1. The molecule has 9 heteroatoms. The highest BCUT2D eigenvalue weighted by Gasteiger charge is 2.31. The van der Waals surface area contributed by atoms with E-state index in [2.05, 4.69) is 5.10 Å². The number of amides is 2. The van der Waals surface area contributed by atoms with E-state index < -0.39 is 5.60 Å². The summed E-state index contributed by atoms with van der Waals surface area (Å²) < 4.78 is 6.99. The fourth-order valence-electron chi connectivity index (χ4n) is 3.27. The molecule has 0 aliphatic carbocycles. The van der Waals surface area contributed by atoms with E-state index in [9.17, 15) is 9.59 Å². The molecule has 1 aromatic heterocycles. The minimum absolute atomic E-state index is 0.188. The molecule has 0 unspecified atom stereocenters. The van der Waals surface area contributed by atoms with E-state index in [-0.39, 0.29) is 17.2 Å². The maximum Gasteiger partial charge on any atom is 0.410 e. The number of piperazine rings is 1. The lowest BCUT2D eigenvalue weighted by Crippen LogP contribution is -2.51. The molecule has 0 radical (unpaired) electrons. The molecule has 0 spiro atoms. The lowest BCUT2D eigenvalue weighted by molar-refractivity contribution is 0.0140. The van der Waals surface area contributed by atoms with E-state index >= 15 is 0 Å². The van der Waals surface area contributed by atoms with E-state index in [4.69, 9.17) is 27.9 Å². The lowest BCUT2D eigenvalue weighted by atomic mass is 10.2. The molecule has 3 rings (SSSR count). The quantitative estimate of drug-likeness (QED) is 0.698. The highest BCUT2D eigenvalue weighted by molar-refractivity contribution is 6.33. The molecule has 7 nitrogen and oxygen atoms in total. The van der Waals surface area contributed by atoms with Crippen LogP contribution in [0.1, 0.15) is 42.4 Å². The van der Waals surface area contributed by atoms with Crippen LogP contribution < -0.4 is 0 Å². The topological polar surface area (TPSA) is 67.7 Å². The van der Waals surface area contributed by atoms with Gasteiger partial charge in [-0.3, -0.25) is 4.79 Å². The van der Waals surface area contributed by atoms with Crippen molar-refractivity contribution in [3.63, 3.8) is 0 Å². The molecule has 0 atom stereocenters. The van der Waals surface area contributed by atoms with Crippen LogP contribution in [0, 0.1) is 6.92 Å². The first-order chi connectivity index (χ1) is 14.1. The Hall–Kier alpha value is -2.25. The van der Waals surface area contributed by atoms with Gasteiger partial charge in [0.1, 0.15) is 10.8 Å². The molecule has 0 saturated carbocycles. The van der Waals surface area contributed by atoms with Crippen molar-refractivity contribution < 1.29 is 14.3 Å². The van der Waals surface area contributed by atoms with Crippen LogP contribution in [0.25, 0.3) is 0 Å². The second kappa shape index (κ2) is 8.86. The van der Waals surface area contributed by atoms with Crippen LogP contribution in [0.15, 0.2) is 24.3 Å².